The molecule has 0 aromatic heterocycles. The number of hydrogen-bond donors (Lipinski definition) is 1. The van der Waals surface area contributed by atoms with Crippen LogP contribution in [0.4, 0.5) is 0 Å². The molecule has 1 rings (SSSR count). The van der Waals surface area contributed by atoms with E-state index in [1.807, 2.05) is 12.1 Å². The van der Waals surface area contributed by atoms with Crippen LogP contribution in [-0.4, -0.2) is 7.11 Å². The molecule has 2 nitrogen and oxygen atoms in total. The van der Waals surface area contributed by atoms with E-state index in [1.54, 1.807) is 19.3 Å². The van der Waals surface area contributed by atoms with Gasteiger partial charge >= 0.3 is 0 Å². The molecular formula is C11H15Cl2NO. The molecule has 2 N–H and O–H groups in total. The summed E-state index contributed by atoms with van der Waals surface area (Å²) in [6.07, 6.45) is 2.49. The molecule has 4 heteroatoms. The van der Waals surface area contributed by atoms with Gasteiger partial charge in [-0.05, 0) is 24.6 Å². The van der Waals surface area contributed by atoms with Gasteiger partial charge in [-0.15, -0.1) is 19.0 Å². The summed E-state index contributed by atoms with van der Waals surface area (Å²) in [6.45, 7) is 3.65. The topological polar surface area (TPSA) is 35.2 Å². The fourth-order valence-corrected chi connectivity index (χ4v) is 1.48. The smallest absolute Gasteiger partial charge is 0.123 e. The number of methoxy groups -OCH3 is 1. The molecule has 1 aromatic carbocycles. The Bertz CT molecular complexity index is 328. The molecule has 0 fully saturated rings. The van der Waals surface area contributed by atoms with Crippen molar-refractivity contribution in [3.8, 4) is 5.75 Å². The molecular weight excluding hydrogens is 233 g/mol. The molecule has 0 bridgehead atoms. The third-order valence-corrected chi connectivity index (χ3v) is 2.25. The second kappa shape index (κ2) is 6.72. The molecule has 0 aliphatic rings. The largest absolute Gasteiger partial charge is 0.496 e. The highest BCUT2D eigenvalue weighted by Gasteiger charge is 2.10. The summed E-state index contributed by atoms with van der Waals surface area (Å²) in [5.41, 5.74) is 6.86. The van der Waals surface area contributed by atoms with Crippen LogP contribution in [0.5, 0.6) is 5.75 Å². The molecule has 84 valence electrons. The van der Waals surface area contributed by atoms with Crippen molar-refractivity contribution in [2.45, 2.75) is 12.5 Å². The lowest BCUT2D eigenvalue weighted by atomic mass is 10.0. The Morgan fingerprint density at radius 1 is 1.60 bits per heavy atom. The van der Waals surface area contributed by atoms with Crippen LogP contribution in [0.25, 0.3) is 0 Å². The highest BCUT2D eigenvalue weighted by molar-refractivity contribution is 6.30. The average molecular weight is 248 g/mol. The van der Waals surface area contributed by atoms with Gasteiger partial charge in [0.05, 0.1) is 7.11 Å². The molecule has 0 radical (unpaired) electrons. The zero-order valence-electron chi connectivity index (χ0n) is 8.57. The van der Waals surface area contributed by atoms with Crippen molar-refractivity contribution in [1.82, 2.24) is 0 Å². The van der Waals surface area contributed by atoms with Gasteiger partial charge in [0, 0.05) is 16.6 Å². The van der Waals surface area contributed by atoms with Crippen LogP contribution in [0.2, 0.25) is 5.02 Å². The maximum atomic E-state index is 5.94. The van der Waals surface area contributed by atoms with E-state index >= 15 is 0 Å². The van der Waals surface area contributed by atoms with Gasteiger partial charge in [0.15, 0.2) is 0 Å². The number of benzene rings is 1. The van der Waals surface area contributed by atoms with Gasteiger partial charge in [-0.3, -0.25) is 0 Å². The maximum absolute atomic E-state index is 5.94. The SMILES string of the molecule is C=CC[C@H](N)c1cc(Cl)ccc1OC.Cl. The van der Waals surface area contributed by atoms with E-state index in [0.717, 1.165) is 11.3 Å². The zero-order valence-corrected chi connectivity index (χ0v) is 10.1. The van der Waals surface area contributed by atoms with Crippen LogP contribution in [0.1, 0.15) is 18.0 Å². The summed E-state index contributed by atoms with van der Waals surface area (Å²) in [6, 6.07) is 5.32. The van der Waals surface area contributed by atoms with E-state index in [0.29, 0.717) is 11.4 Å². The lowest BCUT2D eigenvalue weighted by Crippen LogP contribution is -2.10. The van der Waals surface area contributed by atoms with Crippen LogP contribution in [0, 0.1) is 0 Å². The van der Waals surface area contributed by atoms with Crippen LogP contribution >= 0.6 is 24.0 Å². The van der Waals surface area contributed by atoms with E-state index in [2.05, 4.69) is 6.58 Å². The van der Waals surface area contributed by atoms with E-state index in [4.69, 9.17) is 22.1 Å². The molecule has 0 saturated heterocycles. The average Bonchev–Trinajstić information content (AvgIpc) is 2.18. The first-order chi connectivity index (χ1) is 6.69. The minimum absolute atomic E-state index is 0. The minimum Gasteiger partial charge on any atom is -0.496 e. The molecule has 15 heavy (non-hydrogen) atoms. The number of hydrogen-bond acceptors (Lipinski definition) is 2. The predicted octanol–water partition coefficient (Wildman–Crippen LogP) is 3.35. The second-order valence-corrected chi connectivity index (χ2v) is 3.45. The summed E-state index contributed by atoms with van der Waals surface area (Å²) in [7, 11) is 1.62. The lowest BCUT2D eigenvalue weighted by molar-refractivity contribution is 0.406. The van der Waals surface area contributed by atoms with Crippen LogP contribution in [-0.2, 0) is 0 Å². The van der Waals surface area contributed by atoms with E-state index in [9.17, 15) is 0 Å². The Balaban J connectivity index is 0.00000196. The lowest BCUT2D eigenvalue weighted by Gasteiger charge is -2.14. The van der Waals surface area contributed by atoms with Gasteiger partial charge in [-0.2, -0.15) is 0 Å². The van der Waals surface area contributed by atoms with Crippen molar-refractivity contribution in [3.63, 3.8) is 0 Å². The molecule has 0 spiro atoms. The summed E-state index contributed by atoms with van der Waals surface area (Å²) >= 11 is 5.88. The van der Waals surface area contributed by atoms with Gasteiger partial charge in [0.1, 0.15) is 5.75 Å². The Labute approximate surface area is 101 Å². The Hall–Kier alpha value is -0.700. The fraction of sp³-hybridized carbons (Fsp3) is 0.273. The van der Waals surface area contributed by atoms with Crippen molar-refractivity contribution in [1.29, 1.82) is 0 Å². The third kappa shape index (κ3) is 3.74. The van der Waals surface area contributed by atoms with Crippen molar-refractivity contribution < 1.29 is 4.74 Å². The normalized spacial score (nSPS) is 11.4. The zero-order chi connectivity index (χ0) is 10.6. The highest BCUT2D eigenvalue weighted by atomic mass is 35.5. The summed E-state index contributed by atoms with van der Waals surface area (Å²) in [5, 5.41) is 0.667. The maximum Gasteiger partial charge on any atom is 0.123 e. The monoisotopic (exact) mass is 247 g/mol. The van der Waals surface area contributed by atoms with Gasteiger partial charge in [-0.1, -0.05) is 17.7 Å². The summed E-state index contributed by atoms with van der Waals surface area (Å²) < 4.78 is 5.19. The molecule has 0 unspecified atom stereocenters. The van der Waals surface area contributed by atoms with E-state index in [1.165, 1.54) is 0 Å². The first kappa shape index (κ1) is 14.3. The summed E-state index contributed by atoms with van der Waals surface area (Å²) in [5.74, 6) is 0.767. The molecule has 0 aliphatic heterocycles. The summed E-state index contributed by atoms with van der Waals surface area (Å²) in [4.78, 5) is 0. The third-order valence-electron chi connectivity index (χ3n) is 2.01. The fourth-order valence-electron chi connectivity index (χ4n) is 1.30. The van der Waals surface area contributed by atoms with E-state index in [-0.39, 0.29) is 18.4 Å². The molecule has 0 heterocycles. The van der Waals surface area contributed by atoms with Crippen LogP contribution < -0.4 is 10.5 Å². The Kier molecular flexibility index (Phi) is 6.41. The predicted molar refractivity (Wildman–Crippen MR) is 67.0 cm³/mol. The van der Waals surface area contributed by atoms with Crippen LogP contribution in [0.3, 0.4) is 0 Å². The standard InChI is InChI=1S/C11H14ClNO.ClH/c1-3-4-10(13)9-7-8(12)5-6-11(9)14-2;/h3,5-7,10H,1,4,13H2,2H3;1H/t10-;/m0./s1. The molecule has 1 aromatic rings. The van der Waals surface area contributed by atoms with E-state index < -0.39 is 0 Å². The molecule has 0 amide bonds. The molecule has 0 saturated carbocycles. The van der Waals surface area contributed by atoms with Gasteiger partial charge in [0.2, 0.25) is 0 Å². The Morgan fingerprint density at radius 3 is 2.80 bits per heavy atom. The van der Waals surface area contributed by atoms with Gasteiger partial charge in [-0.25, -0.2) is 0 Å². The first-order valence-corrected chi connectivity index (χ1v) is 4.76. The van der Waals surface area contributed by atoms with Crippen LogP contribution in [0.15, 0.2) is 30.9 Å². The van der Waals surface area contributed by atoms with Crippen molar-refractivity contribution >= 4 is 24.0 Å². The minimum atomic E-state index is -0.110. The number of ether oxygens (including phenoxy) is 1. The molecule has 0 aliphatic carbocycles. The van der Waals surface area contributed by atoms with Crippen molar-refractivity contribution in [2.75, 3.05) is 7.11 Å². The van der Waals surface area contributed by atoms with Gasteiger partial charge < -0.3 is 10.5 Å². The quantitative estimate of drug-likeness (QED) is 0.829. The highest BCUT2D eigenvalue weighted by Crippen LogP contribution is 2.28. The van der Waals surface area contributed by atoms with Gasteiger partial charge in [0.25, 0.3) is 0 Å². The Morgan fingerprint density at radius 2 is 2.27 bits per heavy atom. The number of nitrogens with two attached hydrogens (primary N) is 1. The number of rotatable bonds is 4. The van der Waals surface area contributed by atoms with Crippen molar-refractivity contribution in [2.24, 2.45) is 5.73 Å². The first-order valence-electron chi connectivity index (χ1n) is 4.39. The van der Waals surface area contributed by atoms with Crippen molar-refractivity contribution in [3.05, 3.63) is 41.4 Å². The second-order valence-electron chi connectivity index (χ2n) is 3.02. The molecule has 1 atom stereocenters. The number of halogens is 2.